The van der Waals surface area contributed by atoms with Gasteiger partial charge in [0, 0.05) is 12.7 Å². The molecule has 0 bridgehead atoms. The van der Waals surface area contributed by atoms with Crippen molar-refractivity contribution in [2.24, 2.45) is 0 Å². The van der Waals surface area contributed by atoms with E-state index < -0.39 is 7.12 Å². The van der Waals surface area contributed by atoms with Crippen LogP contribution in [0.15, 0.2) is 48.5 Å². The van der Waals surface area contributed by atoms with Crippen molar-refractivity contribution in [1.29, 1.82) is 0 Å². The van der Waals surface area contributed by atoms with Gasteiger partial charge in [-0.3, -0.25) is 0 Å². The SMILES string of the molecule is CN(CCOc1cccc(B(O)O)c1)c1ccc(F)cc1. The number of hydrogen-bond acceptors (Lipinski definition) is 4. The first-order valence-electron chi connectivity index (χ1n) is 6.62. The summed E-state index contributed by atoms with van der Waals surface area (Å²) < 4.78 is 18.4. The van der Waals surface area contributed by atoms with Crippen molar-refractivity contribution < 1.29 is 19.2 Å². The van der Waals surface area contributed by atoms with E-state index in [9.17, 15) is 4.39 Å². The van der Waals surface area contributed by atoms with Crippen LogP contribution in [-0.4, -0.2) is 37.4 Å². The van der Waals surface area contributed by atoms with Crippen LogP contribution in [0.1, 0.15) is 0 Å². The van der Waals surface area contributed by atoms with Gasteiger partial charge in [0.1, 0.15) is 18.2 Å². The molecule has 2 rings (SSSR count). The molecule has 0 amide bonds. The highest BCUT2D eigenvalue weighted by Gasteiger charge is 2.11. The lowest BCUT2D eigenvalue weighted by atomic mass is 9.80. The first-order valence-corrected chi connectivity index (χ1v) is 6.62. The summed E-state index contributed by atoms with van der Waals surface area (Å²) in [6.45, 7) is 1.05. The van der Waals surface area contributed by atoms with E-state index >= 15 is 0 Å². The van der Waals surface area contributed by atoms with Crippen LogP contribution < -0.4 is 15.1 Å². The van der Waals surface area contributed by atoms with Gasteiger partial charge in [0.15, 0.2) is 0 Å². The van der Waals surface area contributed by atoms with Gasteiger partial charge in [-0.05, 0) is 41.9 Å². The molecular weight excluding hydrogens is 272 g/mol. The van der Waals surface area contributed by atoms with Crippen molar-refractivity contribution in [3.63, 3.8) is 0 Å². The number of nitrogens with zero attached hydrogens (tertiary/aromatic N) is 1. The molecule has 6 heteroatoms. The van der Waals surface area contributed by atoms with Crippen molar-refractivity contribution >= 4 is 18.3 Å². The quantitative estimate of drug-likeness (QED) is 0.780. The Kier molecular flexibility index (Phi) is 5.19. The number of anilines is 1. The Bertz CT molecular complexity index is 577. The summed E-state index contributed by atoms with van der Waals surface area (Å²) in [5.41, 5.74) is 1.29. The summed E-state index contributed by atoms with van der Waals surface area (Å²) in [7, 11) is 0.389. The van der Waals surface area contributed by atoms with Gasteiger partial charge in [-0.1, -0.05) is 12.1 Å². The average molecular weight is 289 g/mol. The molecule has 21 heavy (non-hydrogen) atoms. The van der Waals surface area contributed by atoms with Gasteiger partial charge >= 0.3 is 7.12 Å². The van der Waals surface area contributed by atoms with Gasteiger partial charge in [-0.15, -0.1) is 0 Å². The second-order valence-electron chi connectivity index (χ2n) is 4.69. The van der Waals surface area contributed by atoms with Gasteiger partial charge < -0.3 is 19.7 Å². The Morgan fingerprint density at radius 1 is 1.14 bits per heavy atom. The van der Waals surface area contributed by atoms with Crippen LogP contribution in [0.25, 0.3) is 0 Å². The smallest absolute Gasteiger partial charge is 0.488 e. The fraction of sp³-hybridized carbons (Fsp3) is 0.200. The van der Waals surface area contributed by atoms with Crippen LogP contribution in [0.5, 0.6) is 5.75 Å². The van der Waals surface area contributed by atoms with Gasteiger partial charge in [0.2, 0.25) is 0 Å². The van der Waals surface area contributed by atoms with Gasteiger partial charge in [0.05, 0.1) is 6.54 Å². The van der Waals surface area contributed by atoms with Crippen LogP contribution in [0.4, 0.5) is 10.1 Å². The minimum absolute atomic E-state index is 0.261. The number of rotatable bonds is 6. The maximum Gasteiger partial charge on any atom is 0.488 e. The van der Waals surface area contributed by atoms with E-state index in [0.29, 0.717) is 24.4 Å². The average Bonchev–Trinajstić information content (AvgIpc) is 2.48. The maximum absolute atomic E-state index is 12.8. The first kappa shape index (κ1) is 15.3. The summed E-state index contributed by atoms with van der Waals surface area (Å²) in [6.07, 6.45) is 0. The number of ether oxygens (including phenoxy) is 1. The van der Waals surface area contributed by atoms with Crippen LogP contribution in [0.2, 0.25) is 0 Å². The van der Waals surface area contributed by atoms with Crippen LogP contribution in [0.3, 0.4) is 0 Å². The molecule has 0 aromatic heterocycles. The lowest BCUT2D eigenvalue weighted by Crippen LogP contribution is -2.29. The number of benzene rings is 2. The molecule has 110 valence electrons. The van der Waals surface area contributed by atoms with E-state index in [4.69, 9.17) is 14.8 Å². The van der Waals surface area contributed by atoms with Gasteiger partial charge in [-0.25, -0.2) is 4.39 Å². The highest BCUT2D eigenvalue weighted by atomic mass is 19.1. The molecule has 0 radical (unpaired) electrons. The Labute approximate surface area is 123 Å². The number of halogens is 1. The minimum Gasteiger partial charge on any atom is -0.492 e. The Balaban J connectivity index is 1.86. The van der Waals surface area contributed by atoms with Gasteiger partial charge in [0.25, 0.3) is 0 Å². The van der Waals surface area contributed by atoms with Crippen molar-refractivity contribution in [2.75, 3.05) is 25.1 Å². The standard InChI is InChI=1S/C15H17BFNO3/c1-18(14-7-5-13(17)6-8-14)9-10-21-15-4-2-3-12(11-15)16(19)20/h2-8,11,19-20H,9-10H2,1H3. The predicted octanol–water partition coefficient (Wildman–Crippen LogP) is 1.02. The number of hydrogen-bond donors (Lipinski definition) is 2. The van der Waals surface area contributed by atoms with E-state index in [1.807, 2.05) is 11.9 Å². The second kappa shape index (κ2) is 7.10. The second-order valence-corrected chi connectivity index (χ2v) is 4.69. The molecule has 0 fully saturated rings. The maximum atomic E-state index is 12.8. The van der Waals surface area contributed by atoms with Crippen LogP contribution >= 0.6 is 0 Å². The molecule has 0 unspecified atom stereocenters. The molecule has 2 aromatic rings. The highest BCUT2D eigenvalue weighted by Crippen LogP contribution is 2.13. The van der Waals surface area contributed by atoms with E-state index in [-0.39, 0.29) is 5.82 Å². The van der Waals surface area contributed by atoms with E-state index in [0.717, 1.165) is 5.69 Å². The Hall–Kier alpha value is -2.05. The minimum atomic E-state index is -1.50. The summed E-state index contributed by atoms with van der Waals surface area (Å²) in [6, 6.07) is 12.9. The third kappa shape index (κ3) is 4.48. The molecular formula is C15H17BFNO3. The molecule has 0 saturated carbocycles. The van der Waals surface area contributed by atoms with E-state index in [2.05, 4.69) is 0 Å². The van der Waals surface area contributed by atoms with Crippen LogP contribution in [-0.2, 0) is 0 Å². The Morgan fingerprint density at radius 3 is 2.52 bits per heavy atom. The zero-order valence-corrected chi connectivity index (χ0v) is 11.7. The molecule has 0 atom stereocenters. The van der Waals surface area contributed by atoms with E-state index in [1.54, 1.807) is 36.4 Å². The third-order valence-corrected chi connectivity index (χ3v) is 3.12. The fourth-order valence-corrected chi connectivity index (χ4v) is 1.89. The first-order chi connectivity index (χ1) is 10.1. The largest absolute Gasteiger partial charge is 0.492 e. The molecule has 4 nitrogen and oxygen atoms in total. The molecule has 0 aliphatic rings. The van der Waals surface area contributed by atoms with Crippen molar-refractivity contribution in [1.82, 2.24) is 0 Å². The normalized spacial score (nSPS) is 10.3. The fourth-order valence-electron chi connectivity index (χ4n) is 1.89. The zero-order chi connectivity index (χ0) is 15.2. The summed E-state index contributed by atoms with van der Waals surface area (Å²) in [5.74, 6) is 0.316. The van der Waals surface area contributed by atoms with Crippen molar-refractivity contribution in [3.8, 4) is 5.75 Å². The topological polar surface area (TPSA) is 52.9 Å². The zero-order valence-electron chi connectivity index (χ0n) is 11.7. The molecule has 0 spiro atoms. The Morgan fingerprint density at radius 2 is 1.86 bits per heavy atom. The lowest BCUT2D eigenvalue weighted by molar-refractivity contribution is 0.326. The van der Waals surface area contributed by atoms with Crippen LogP contribution in [0, 0.1) is 5.82 Å². The molecule has 2 aromatic carbocycles. The van der Waals surface area contributed by atoms with Crippen molar-refractivity contribution in [2.45, 2.75) is 0 Å². The molecule has 0 aliphatic heterocycles. The summed E-state index contributed by atoms with van der Waals surface area (Å²) in [4.78, 5) is 1.95. The summed E-state index contributed by atoms with van der Waals surface area (Å²) in [5, 5.41) is 18.2. The molecule has 0 aliphatic carbocycles. The van der Waals surface area contributed by atoms with Crippen molar-refractivity contribution in [3.05, 3.63) is 54.3 Å². The monoisotopic (exact) mass is 289 g/mol. The molecule has 2 N–H and O–H groups in total. The van der Waals surface area contributed by atoms with Gasteiger partial charge in [-0.2, -0.15) is 0 Å². The predicted molar refractivity (Wildman–Crippen MR) is 81.4 cm³/mol. The van der Waals surface area contributed by atoms with E-state index in [1.165, 1.54) is 12.1 Å². The highest BCUT2D eigenvalue weighted by molar-refractivity contribution is 6.58. The molecule has 0 heterocycles. The number of likely N-dealkylation sites (N-methyl/N-ethyl adjacent to an activating group) is 1. The summed E-state index contributed by atoms with van der Waals surface area (Å²) >= 11 is 0. The third-order valence-electron chi connectivity index (χ3n) is 3.12. The lowest BCUT2D eigenvalue weighted by Gasteiger charge is -2.19. The molecule has 0 saturated heterocycles.